The number of aryl methyl sites for hydroxylation is 1. The lowest BCUT2D eigenvalue weighted by atomic mass is 10.0. The van der Waals surface area contributed by atoms with Crippen LogP contribution in [0.1, 0.15) is 74.8 Å². The predicted octanol–water partition coefficient (Wildman–Crippen LogP) is -2.35. The van der Waals surface area contributed by atoms with E-state index >= 15 is 0 Å². The minimum absolute atomic E-state index is 0.104. The molecule has 107 heavy (non-hydrogen) atoms. The molecule has 6 aliphatic rings. The number of aliphatic hydroxyl groups excluding tert-OH is 10. The lowest BCUT2D eigenvalue weighted by Crippen LogP contribution is -2.59. The standard InChI is InChI=1S/C14H23N2O5P.C14H25N2O5P.C13H21N2O5P.C13H21N2O4PS.C12H20N3O5P/c1-16-7-8(13(19)15-14(16)20)12-11(18)10(17)9(21-12)5-6-22(2,3)4;1-8-7-16(14(20)15-12(8)19)13-11(18)10(17)9(21-13)5-6-22(2,3)4;1-21(2,3)5-4-8-9(16)10(17)11(20-8)7-6-14-13(19)15-12(7)18;1-20(2,3)7-5-8-10(16)11(17)12(19-8)15-6-4-9(21)14-13(15)18;1-21(2,3)5-4-7-9(17)10(18)11(20-7)15-12(19)14-8(16)6-13-15/h7,9-12,17-18H,2,5-6H2,1,3-4H3,(H,15,19,20);8-11,13,17-18H,2,5-7H2,1,3-4H3,(H,15,19,20);6,8-11,16-17H,1,4-5H2,2-3H3,(H2,14,15,18,19);4,6,8,10-12,16-17H,1,5,7H2,2-3H3,(H,14,18,21);6-7,9-11,17-18H,1,4-5H2,2-3H3,(H,14,16,19)/t9-,10-,11-,12?;8?,9-,10-,11-,13?;8-,9-,10-,11?;8-,10-,11-,12?;7-,9-,10-,11?/m11111/s1. The molecule has 6 unspecified atom stereocenters. The Labute approximate surface area is 623 Å². The van der Waals surface area contributed by atoms with Crippen molar-refractivity contribution >= 4 is 90.1 Å². The van der Waals surface area contributed by atoms with Gasteiger partial charge in [0.1, 0.15) is 84.1 Å². The summed E-state index contributed by atoms with van der Waals surface area (Å²) in [7, 11) is 1.49. The zero-order valence-electron chi connectivity index (χ0n) is 62.4. The molecule has 10 rings (SSSR count). The Morgan fingerprint density at radius 3 is 1.32 bits per heavy atom. The number of hydrogen-bond donors (Lipinski definition) is 16. The summed E-state index contributed by atoms with van der Waals surface area (Å²) in [5.41, 5.74) is -4.05. The highest BCUT2D eigenvalue weighted by atomic mass is 32.1. The molecule has 0 radical (unpaired) electrons. The quantitative estimate of drug-likeness (QED) is 0.0325. The number of amides is 3. The minimum Gasteiger partial charge on any atom is -0.388 e. The van der Waals surface area contributed by atoms with E-state index in [0.29, 0.717) is 36.7 Å². The maximum Gasteiger partial charge on any atom is 0.347 e. The van der Waals surface area contributed by atoms with Crippen molar-refractivity contribution in [1.29, 1.82) is 0 Å². The van der Waals surface area contributed by atoms with Crippen LogP contribution < -0.4 is 44.8 Å². The minimum atomic E-state index is -1.28. The van der Waals surface area contributed by atoms with Gasteiger partial charge in [0, 0.05) is 32.2 Å². The number of ether oxygens (including phenoxy) is 5. The van der Waals surface area contributed by atoms with Crippen LogP contribution in [-0.4, -0.2) is 345 Å². The van der Waals surface area contributed by atoms with Gasteiger partial charge in [-0.1, -0.05) is 19.1 Å². The highest BCUT2D eigenvalue weighted by Gasteiger charge is 2.50. The van der Waals surface area contributed by atoms with E-state index in [1.54, 1.807) is 6.92 Å². The van der Waals surface area contributed by atoms with E-state index in [1.165, 1.54) is 45.7 Å². The molecule has 4 aromatic heterocycles. The number of urea groups is 1. The van der Waals surface area contributed by atoms with E-state index in [9.17, 15) is 94.2 Å². The van der Waals surface area contributed by atoms with Crippen LogP contribution in [0.25, 0.3) is 0 Å². The molecule has 6 saturated heterocycles. The lowest BCUT2D eigenvalue weighted by molar-refractivity contribution is -0.130. The maximum atomic E-state index is 11.9. The van der Waals surface area contributed by atoms with Gasteiger partial charge in [0.2, 0.25) is 5.91 Å². The zero-order valence-corrected chi connectivity index (χ0v) is 67.7. The van der Waals surface area contributed by atoms with Crippen LogP contribution in [0, 0.1) is 10.6 Å². The summed E-state index contributed by atoms with van der Waals surface area (Å²) >= 11 is 4.87. The van der Waals surface area contributed by atoms with Gasteiger partial charge < -0.3 is 84.3 Å². The summed E-state index contributed by atoms with van der Waals surface area (Å²) in [6.07, 6.45) is 13.6. The molecule has 0 bridgehead atoms. The van der Waals surface area contributed by atoms with Crippen LogP contribution in [0.4, 0.5) is 4.79 Å². The van der Waals surface area contributed by atoms with Crippen molar-refractivity contribution in [2.24, 2.45) is 13.0 Å². The van der Waals surface area contributed by atoms with Crippen molar-refractivity contribution in [3.05, 3.63) is 120 Å². The lowest BCUT2D eigenvalue weighted by Gasteiger charge is -2.35. The number of hydrogen-bond acceptors (Lipinski definition) is 26. The third kappa shape index (κ3) is 25.7. The number of rotatable bonds is 20. The van der Waals surface area contributed by atoms with E-state index in [-0.39, 0.29) is 29.5 Å². The first-order chi connectivity index (χ1) is 49.3. The fraction of sp³-hybridized carbons (Fsp3) is 0.667. The molecule has 10 heterocycles. The zero-order chi connectivity index (χ0) is 80.7. The fourth-order valence-corrected chi connectivity index (χ4v) is 16.9. The Morgan fingerprint density at radius 1 is 0.495 bits per heavy atom. The second-order valence-corrected chi connectivity index (χ2v) is 53.3. The number of aliphatic hydroxyl groups is 10. The van der Waals surface area contributed by atoms with Gasteiger partial charge in [0.05, 0.1) is 47.6 Å². The van der Waals surface area contributed by atoms with Gasteiger partial charge in [-0.25, -0.2) is 24.0 Å². The van der Waals surface area contributed by atoms with Crippen molar-refractivity contribution in [1.82, 2.24) is 54.1 Å². The van der Waals surface area contributed by atoms with Crippen molar-refractivity contribution < 1.29 is 84.3 Å². The first-order valence-electron chi connectivity index (χ1n) is 34.4. The van der Waals surface area contributed by atoms with Gasteiger partial charge >= 0.3 is 28.8 Å². The summed E-state index contributed by atoms with van der Waals surface area (Å²) in [6, 6.07) is 0.946. The van der Waals surface area contributed by atoms with Gasteiger partial charge in [0.25, 0.3) is 16.7 Å². The highest BCUT2D eigenvalue weighted by Crippen LogP contribution is 2.44. The Morgan fingerprint density at radius 2 is 0.888 bits per heavy atom. The monoisotopic (exact) mass is 1630 g/mol. The molecule has 35 nitrogen and oxygen atoms in total. The number of H-pyrrole nitrogens is 5. The average molecular weight is 1630 g/mol. The van der Waals surface area contributed by atoms with Gasteiger partial charge in [-0.15, -0.1) is 65.9 Å². The molecule has 6 fully saturated rings. The molecule has 4 aromatic rings. The van der Waals surface area contributed by atoms with Gasteiger partial charge in [-0.2, -0.15) is 9.78 Å². The van der Waals surface area contributed by atoms with Crippen LogP contribution in [0.15, 0.2) is 64.4 Å². The largest absolute Gasteiger partial charge is 0.388 e. The highest BCUT2D eigenvalue weighted by molar-refractivity contribution is 7.73. The van der Waals surface area contributed by atoms with E-state index < -0.39 is 202 Å². The van der Waals surface area contributed by atoms with E-state index in [1.807, 2.05) is 4.98 Å². The maximum absolute atomic E-state index is 11.9. The van der Waals surface area contributed by atoms with Crippen LogP contribution in [-0.2, 0) is 35.5 Å². The molecule has 41 heteroatoms. The summed E-state index contributed by atoms with van der Waals surface area (Å²) in [4.78, 5) is 116. The predicted molar refractivity (Wildman–Crippen MR) is 423 cm³/mol. The van der Waals surface area contributed by atoms with Crippen LogP contribution in [0.3, 0.4) is 0 Å². The van der Waals surface area contributed by atoms with Crippen LogP contribution in [0.2, 0.25) is 0 Å². The Bertz CT molecular complexity index is 4220. The molecule has 0 aromatic carbocycles. The van der Waals surface area contributed by atoms with Crippen molar-refractivity contribution in [2.45, 2.75) is 161 Å². The number of aromatic amines is 5. The first-order valence-corrected chi connectivity index (χ1v) is 50.1. The van der Waals surface area contributed by atoms with Gasteiger partial charge in [-0.3, -0.25) is 53.9 Å². The third-order valence-corrected chi connectivity index (χ3v) is 25.8. The molecule has 0 spiro atoms. The molecular formula is C66H110N11O24P5S. The summed E-state index contributed by atoms with van der Waals surface area (Å²) in [5, 5.41) is 107. The molecule has 21 atom stereocenters. The normalized spacial score (nSPS) is 31.0. The topological polar surface area (TPSA) is 524 Å². The SMILES string of the molecule is C=P(C)(C)CC[C@H]1OC(N2CC(C)C(=O)NC2=O)[C@H](O)[C@@H]1O.C=P(C)(C)CC[C@H]1OC(c2c[nH]c(=O)[nH]c2=O)[C@H](O)[C@@H]1O.C=P(C)(C)CC[C@H]1OC(c2cn(C)c(=O)[nH]c2=O)[C@H](O)[C@@H]1O.C=P(C)(C)CC[C@H]1OC(n2ccc(=S)[nH]c2=O)[C@H](O)[C@@H]1O.C=P(C)(C)CC[C@H]1OC(n2ncc(=O)[nH]c2=O)[C@H](O)[C@@H]1O. The third-order valence-electron chi connectivity index (χ3n) is 18.2. The first kappa shape index (κ1) is 90.8. The Hall–Kier alpha value is -5.09. The molecule has 0 saturated carbocycles. The van der Waals surface area contributed by atoms with E-state index in [2.05, 4.69) is 128 Å². The molecule has 16 N–H and O–H groups in total. The summed E-state index contributed by atoms with van der Waals surface area (Å²) < 4.78 is 31.9. The second kappa shape index (κ2) is 37.5. The number of carbonyl (C=O) groups is 2. The number of imide groups is 1. The smallest absolute Gasteiger partial charge is 0.347 e. The number of nitrogens with zero attached hydrogens (tertiary/aromatic N) is 5. The molecule has 604 valence electrons. The number of aromatic nitrogens is 9. The summed E-state index contributed by atoms with van der Waals surface area (Å²) in [6.45, 7) is 16.4. The summed E-state index contributed by atoms with van der Waals surface area (Å²) in [5.74, 6) is -0.719. The van der Waals surface area contributed by atoms with E-state index in [0.717, 1.165) is 41.7 Å². The molecule has 6 aliphatic heterocycles. The van der Waals surface area contributed by atoms with Crippen molar-refractivity contribution in [3.63, 3.8) is 0 Å². The molecule has 3 amide bonds. The Balaban J connectivity index is 0.000000209. The second-order valence-electron chi connectivity index (χ2n) is 31.3. The van der Waals surface area contributed by atoms with E-state index in [4.69, 9.17) is 35.9 Å². The molecular weight excluding hydrogens is 1520 g/mol. The van der Waals surface area contributed by atoms with Gasteiger partial charge in [0.15, 0.2) is 18.7 Å². The van der Waals surface area contributed by atoms with Crippen LogP contribution in [0.5, 0.6) is 0 Å². The van der Waals surface area contributed by atoms with Crippen LogP contribution >= 0.6 is 46.6 Å². The van der Waals surface area contributed by atoms with Crippen molar-refractivity contribution in [3.8, 4) is 0 Å². The Kier molecular flexibility index (Phi) is 31.8. The van der Waals surface area contributed by atoms with Gasteiger partial charge in [-0.05, 0) is 136 Å². The van der Waals surface area contributed by atoms with Crippen molar-refractivity contribution in [2.75, 3.05) is 104 Å². The molecule has 0 aliphatic carbocycles. The number of carbonyl (C=O) groups excluding carboxylic acids is 2. The number of nitrogens with one attached hydrogen (secondary N) is 6. The average Bonchev–Trinajstić information content (AvgIpc) is 1.51. The fourth-order valence-electron chi connectivity index (χ4n) is 12.0.